The lowest BCUT2D eigenvalue weighted by atomic mass is 10.2. The van der Waals surface area contributed by atoms with E-state index < -0.39 is 0 Å². The minimum atomic E-state index is -0.327. The van der Waals surface area contributed by atoms with Crippen molar-refractivity contribution in [3.8, 4) is 0 Å². The van der Waals surface area contributed by atoms with Crippen molar-refractivity contribution < 1.29 is 4.39 Å². The predicted octanol–water partition coefficient (Wildman–Crippen LogP) is 3.02. The molecule has 0 aliphatic rings. The molecule has 4 rings (SSSR count). The molecular weight excluding hydrogens is 335 g/mol. The van der Waals surface area contributed by atoms with E-state index in [4.69, 9.17) is 0 Å². The SMILES string of the molecule is Fc1ccc2ncnc(Sc3nnnn3Cc3cccs3)c2c1. The van der Waals surface area contributed by atoms with Crippen LogP contribution in [-0.4, -0.2) is 30.2 Å². The molecule has 0 saturated heterocycles. The summed E-state index contributed by atoms with van der Waals surface area (Å²) < 4.78 is 15.2. The normalized spacial score (nSPS) is 11.2. The van der Waals surface area contributed by atoms with Gasteiger partial charge in [0.25, 0.3) is 0 Å². The summed E-state index contributed by atoms with van der Waals surface area (Å²) in [5, 5.41) is 15.6. The summed E-state index contributed by atoms with van der Waals surface area (Å²) in [5.41, 5.74) is 0.682. The molecule has 23 heavy (non-hydrogen) atoms. The molecule has 0 N–H and O–H groups in total. The molecule has 0 aliphatic carbocycles. The summed E-state index contributed by atoms with van der Waals surface area (Å²) in [5.74, 6) is -0.327. The van der Waals surface area contributed by atoms with Gasteiger partial charge in [-0.3, -0.25) is 0 Å². The maximum absolute atomic E-state index is 13.5. The third-order valence-corrected chi connectivity index (χ3v) is 4.99. The lowest BCUT2D eigenvalue weighted by Gasteiger charge is -2.05. The van der Waals surface area contributed by atoms with Crippen molar-refractivity contribution in [2.45, 2.75) is 16.7 Å². The van der Waals surface area contributed by atoms with Crippen molar-refractivity contribution in [2.75, 3.05) is 0 Å². The standard InChI is InChI=1S/C14H9FN6S2/c15-9-3-4-12-11(6-9)13(17-8-16-12)23-14-18-19-20-21(14)7-10-2-1-5-22-10/h1-6,8H,7H2. The monoisotopic (exact) mass is 344 g/mol. The van der Waals surface area contributed by atoms with Crippen LogP contribution in [0.25, 0.3) is 10.9 Å². The summed E-state index contributed by atoms with van der Waals surface area (Å²) in [6.07, 6.45) is 1.45. The first-order valence-corrected chi connectivity index (χ1v) is 8.36. The van der Waals surface area contributed by atoms with Crippen LogP contribution in [0.2, 0.25) is 0 Å². The highest BCUT2D eigenvalue weighted by molar-refractivity contribution is 7.99. The van der Waals surface area contributed by atoms with Crippen LogP contribution in [0, 0.1) is 5.82 Å². The fraction of sp³-hybridized carbons (Fsp3) is 0.0714. The zero-order valence-electron chi connectivity index (χ0n) is 11.6. The Morgan fingerprint density at radius 1 is 1.22 bits per heavy atom. The molecule has 0 saturated carbocycles. The molecule has 0 unspecified atom stereocenters. The zero-order chi connectivity index (χ0) is 15.6. The van der Waals surface area contributed by atoms with E-state index in [-0.39, 0.29) is 5.82 Å². The molecule has 0 atom stereocenters. The average Bonchev–Trinajstić information content (AvgIpc) is 3.21. The fourth-order valence-electron chi connectivity index (χ4n) is 2.09. The smallest absolute Gasteiger partial charge is 0.215 e. The molecule has 0 aliphatic heterocycles. The molecule has 0 bridgehead atoms. The van der Waals surface area contributed by atoms with Crippen LogP contribution in [0.5, 0.6) is 0 Å². The molecule has 3 aromatic heterocycles. The minimum Gasteiger partial charge on any atom is -0.236 e. The van der Waals surface area contributed by atoms with Gasteiger partial charge < -0.3 is 0 Å². The van der Waals surface area contributed by atoms with Crippen molar-refractivity contribution in [2.24, 2.45) is 0 Å². The zero-order valence-corrected chi connectivity index (χ0v) is 13.3. The highest BCUT2D eigenvalue weighted by atomic mass is 32.2. The molecule has 1 aromatic carbocycles. The molecule has 3 heterocycles. The summed E-state index contributed by atoms with van der Waals surface area (Å²) in [6, 6.07) is 8.44. The average molecular weight is 344 g/mol. The van der Waals surface area contributed by atoms with Crippen LogP contribution in [-0.2, 0) is 6.54 Å². The molecule has 9 heteroatoms. The Balaban J connectivity index is 1.69. The lowest BCUT2D eigenvalue weighted by Crippen LogP contribution is -2.02. The van der Waals surface area contributed by atoms with Gasteiger partial charge in [-0.1, -0.05) is 6.07 Å². The van der Waals surface area contributed by atoms with Gasteiger partial charge in [0.15, 0.2) is 0 Å². The van der Waals surface area contributed by atoms with Crippen molar-refractivity contribution in [3.63, 3.8) is 0 Å². The minimum absolute atomic E-state index is 0.327. The van der Waals surface area contributed by atoms with Gasteiger partial charge in [-0.15, -0.1) is 16.4 Å². The van der Waals surface area contributed by atoms with Gasteiger partial charge >= 0.3 is 0 Å². The van der Waals surface area contributed by atoms with Gasteiger partial charge in [0.2, 0.25) is 5.16 Å². The maximum Gasteiger partial charge on any atom is 0.215 e. The van der Waals surface area contributed by atoms with Gasteiger partial charge in [-0.2, -0.15) is 0 Å². The molecule has 0 spiro atoms. The number of hydrogen-bond acceptors (Lipinski definition) is 7. The van der Waals surface area contributed by atoms with Crippen LogP contribution in [0.1, 0.15) is 4.88 Å². The van der Waals surface area contributed by atoms with E-state index >= 15 is 0 Å². The van der Waals surface area contributed by atoms with E-state index in [1.165, 1.54) is 30.2 Å². The second-order valence-electron chi connectivity index (χ2n) is 4.64. The van der Waals surface area contributed by atoms with Crippen LogP contribution in [0.3, 0.4) is 0 Å². The molecule has 0 amide bonds. The third kappa shape index (κ3) is 2.92. The summed E-state index contributed by atoms with van der Waals surface area (Å²) in [7, 11) is 0. The Morgan fingerprint density at radius 2 is 2.17 bits per heavy atom. The number of thiophene rings is 1. The quantitative estimate of drug-likeness (QED) is 0.530. The van der Waals surface area contributed by atoms with Gasteiger partial charge in [0.1, 0.15) is 17.2 Å². The van der Waals surface area contributed by atoms with E-state index in [2.05, 4.69) is 25.5 Å². The molecule has 0 fully saturated rings. The highest BCUT2D eigenvalue weighted by Crippen LogP contribution is 2.30. The molecule has 0 radical (unpaired) electrons. The predicted molar refractivity (Wildman–Crippen MR) is 84.9 cm³/mol. The number of rotatable bonds is 4. The van der Waals surface area contributed by atoms with E-state index in [1.807, 2.05) is 17.5 Å². The first-order chi connectivity index (χ1) is 11.3. The van der Waals surface area contributed by atoms with E-state index in [0.717, 1.165) is 4.88 Å². The Bertz CT molecular complexity index is 953. The van der Waals surface area contributed by atoms with E-state index in [1.54, 1.807) is 22.1 Å². The van der Waals surface area contributed by atoms with Gasteiger partial charge in [-0.25, -0.2) is 19.0 Å². The van der Waals surface area contributed by atoms with Gasteiger partial charge in [0, 0.05) is 10.3 Å². The fourth-order valence-corrected chi connectivity index (χ4v) is 3.61. The summed E-state index contributed by atoms with van der Waals surface area (Å²) >= 11 is 2.93. The third-order valence-electron chi connectivity index (χ3n) is 3.13. The second-order valence-corrected chi connectivity index (χ2v) is 6.63. The van der Waals surface area contributed by atoms with Crippen molar-refractivity contribution in [3.05, 3.63) is 52.7 Å². The highest BCUT2D eigenvalue weighted by Gasteiger charge is 2.13. The molecule has 6 nitrogen and oxygen atoms in total. The number of tetrazole rings is 1. The van der Waals surface area contributed by atoms with Crippen LogP contribution in [0.15, 0.2) is 52.2 Å². The molecule has 4 aromatic rings. The number of aromatic nitrogens is 6. The first-order valence-electron chi connectivity index (χ1n) is 6.66. The van der Waals surface area contributed by atoms with Gasteiger partial charge in [-0.05, 0) is 51.8 Å². The number of halogens is 1. The maximum atomic E-state index is 13.5. The molecule has 114 valence electrons. The summed E-state index contributed by atoms with van der Waals surface area (Å²) in [4.78, 5) is 9.54. The lowest BCUT2D eigenvalue weighted by molar-refractivity contribution is 0.608. The topological polar surface area (TPSA) is 69.4 Å². The number of fused-ring (bicyclic) bond motifs is 1. The van der Waals surface area contributed by atoms with Crippen LogP contribution >= 0.6 is 23.1 Å². The number of nitrogens with zero attached hydrogens (tertiary/aromatic N) is 6. The van der Waals surface area contributed by atoms with E-state index in [0.29, 0.717) is 27.6 Å². The second kappa shape index (κ2) is 6.01. The van der Waals surface area contributed by atoms with E-state index in [9.17, 15) is 4.39 Å². The van der Waals surface area contributed by atoms with Crippen molar-refractivity contribution in [1.29, 1.82) is 0 Å². The Hall–Kier alpha value is -2.39. The number of benzene rings is 1. The van der Waals surface area contributed by atoms with Gasteiger partial charge in [0.05, 0.1) is 12.1 Å². The van der Waals surface area contributed by atoms with Crippen LogP contribution in [0.4, 0.5) is 4.39 Å². The Labute approximate surface area is 138 Å². The number of hydrogen-bond donors (Lipinski definition) is 0. The Kier molecular flexibility index (Phi) is 3.72. The largest absolute Gasteiger partial charge is 0.236 e. The summed E-state index contributed by atoms with van der Waals surface area (Å²) in [6.45, 7) is 0.588. The Morgan fingerprint density at radius 3 is 3.04 bits per heavy atom. The van der Waals surface area contributed by atoms with Crippen molar-refractivity contribution in [1.82, 2.24) is 30.2 Å². The van der Waals surface area contributed by atoms with Crippen LogP contribution < -0.4 is 0 Å². The van der Waals surface area contributed by atoms with Crippen molar-refractivity contribution >= 4 is 34.0 Å². The first kappa shape index (κ1) is 14.2. The molecular formula is C14H9FN6S2.